The van der Waals surface area contributed by atoms with Crippen LogP contribution in [0.3, 0.4) is 0 Å². The van der Waals surface area contributed by atoms with Crippen LogP contribution in [-0.4, -0.2) is 305 Å². The lowest BCUT2D eigenvalue weighted by molar-refractivity contribution is -0.149. The van der Waals surface area contributed by atoms with Crippen molar-refractivity contribution in [2.45, 2.75) is 251 Å². The van der Waals surface area contributed by atoms with Crippen LogP contribution in [0.25, 0.3) is 0 Å². The summed E-state index contributed by atoms with van der Waals surface area (Å²) >= 11 is 1.03. The van der Waals surface area contributed by atoms with Gasteiger partial charge in [0.2, 0.25) is 53.2 Å². The number of nitrogens with one attached hydrogen (secondary N) is 13. The summed E-state index contributed by atoms with van der Waals surface area (Å²) in [6.07, 6.45) is 2.79. The van der Waals surface area contributed by atoms with Gasteiger partial charge in [-0.3, -0.25) is 91.3 Å². The third-order valence-electron chi connectivity index (χ3n) is 22.7. The van der Waals surface area contributed by atoms with Crippen molar-refractivity contribution in [3.8, 4) is 5.75 Å². The molecule has 4 rings (SSSR count). The summed E-state index contributed by atoms with van der Waals surface area (Å²) in [6, 6.07) is -0.296. The van der Waals surface area contributed by atoms with Gasteiger partial charge in [-0.15, -0.1) is 11.3 Å². The van der Waals surface area contributed by atoms with E-state index < -0.39 is 186 Å². The number of carbonyl (C=O) groups excluding carboxylic acids is 16. The SMILES string of the molecule is CC[C@H](C)[C@H](NC(=O)C(C)(C)N(C)C)C(=O)N(C)[C@H](C[C@@H](OC(C)=O)c1nc(C(=O)N[C@H](CCC(=O)O)Cc2ccc(O)c(NC(=O)CNC(=O)[C@H](C)NC(=O)[C@@H](NC(=O)[C@H](CCCCNC(=O)CCOCCOCCNC(=O)c3ccc(C(=O)NCCCCCCNC(=O)CC[C@H](NC(=O)N[C@@H](CCC(=O)O)C(=O)O)C(=O)O)cc3)NC(=O)CCCN3C(=O)C=CC3=O)C(C)C)c2)cs1)C(C)C. The van der Waals surface area contributed by atoms with Crippen LogP contribution < -0.4 is 69.1 Å². The molecule has 3 aromatic rings. The molecule has 1 aromatic heterocycles. The molecule has 2 aromatic carbocycles. The molecular formula is C92H137N17O28S. The van der Waals surface area contributed by atoms with Crippen molar-refractivity contribution < 1.29 is 136 Å². The fourth-order valence-corrected chi connectivity index (χ4v) is 14.6. The van der Waals surface area contributed by atoms with E-state index in [0.717, 1.165) is 28.4 Å². The van der Waals surface area contributed by atoms with Gasteiger partial charge in [0, 0.05) is 126 Å². The van der Waals surface area contributed by atoms with Crippen molar-refractivity contribution in [1.29, 1.82) is 0 Å². The number of benzene rings is 2. The molecule has 0 aliphatic carbocycles. The van der Waals surface area contributed by atoms with Crippen LogP contribution in [-0.2, 0) is 97.3 Å². The highest BCUT2D eigenvalue weighted by atomic mass is 32.1. The van der Waals surface area contributed by atoms with E-state index in [9.17, 15) is 116 Å². The topological polar surface area (TPSA) is 649 Å². The van der Waals surface area contributed by atoms with Gasteiger partial charge in [0.15, 0.2) is 6.10 Å². The number of likely N-dealkylation sites (N-methyl/N-ethyl adjacent to an activating group) is 2. The van der Waals surface area contributed by atoms with Gasteiger partial charge in [0.1, 0.15) is 52.7 Å². The molecule has 0 saturated heterocycles. The van der Waals surface area contributed by atoms with Crippen molar-refractivity contribution in [3.05, 3.63) is 87.4 Å². The number of aliphatic carboxylic acids is 4. The van der Waals surface area contributed by atoms with Crippen LogP contribution in [0.4, 0.5) is 10.5 Å². The predicted molar refractivity (Wildman–Crippen MR) is 501 cm³/mol. The summed E-state index contributed by atoms with van der Waals surface area (Å²) in [5, 5.41) is 83.4. The highest BCUT2D eigenvalue weighted by Crippen LogP contribution is 2.32. The first-order valence-electron chi connectivity index (χ1n) is 46.0. The number of rotatable bonds is 66. The molecule has 0 unspecified atom stereocenters. The van der Waals surface area contributed by atoms with Crippen LogP contribution in [0.2, 0.25) is 0 Å². The zero-order chi connectivity index (χ0) is 103. The van der Waals surface area contributed by atoms with Gasteiger partial charge in [0.05, 0.1) is 44.2 Å². The molecule has 46 heteroatoms. The first-order valence-corrected chi connectivity index (χ1v) is 46.9. The van der Waals surface area contributed by atoms with E-state index in [1.165, 1.54) is 61.7 Å². The number of aromatic nitrogens is 1. The molecule has 138 heavy (non-hydrogen) atoms. The number of carboxylic acid groups (broad SMARTS) is 4. The third kappa shape index (κ3) is 42.7. The number of urea groups is 1. The summed E-state index contributed by atoms with van der Waals surface area (Å²) in [5.74, 6) is -15.5. The minimum absolute atomic E-state index is 0.0145. The molecule has 10 atom stereocenters. The number of amides is 16. The van der Waals surface area contributed by atoms with E-state index in [2.05, 4.69) is 68.8 Å². The number of ether oxygens (including phenoxy) is 3. The van der Waals surface area contributed by atoms with Crippen LogP contribution in [0.15, 0.2) is 60.0 Å². The van der Waals surface area contributed by atoms with Crippen molar-refractivity contribution >= 4 is 136 Å². The van der Waals surface area contributed by atoms with E-state index in [1.54, 1.807) is 58.6 Å². The van der Waals surface area contributed by atoms with Crippen molar-refractivity contribution in [2.24, 2.45) is 17.8 Å². The van der Waals surface area contributed by atoms with E-state index in [4.69, 9.17) is 19.3 Å². The number of carboxylic acids is 4. The lowest BCUT2D eigenvalue weighted by atomic mass is 9.92. The maximum atomic E-state index is 14.4. The van der Waals surface area contributed by atoms with Gasteiger partial charge in [0.25, 0.3) is 29.5 Å². The maximum absolute atomic E-state index is 14.4. The summed E-state index contributed by atoms with van der Waals surface area (Å²) in [4.78, 5) is 265. The van der Waals surface area contributed by atoms with E-state index in [-0.39, 0.29) is 175 Å². The number of esters is 1. The normalized spacial score (nSPS) is 14.0. The number of anilines is 1. The molecule has 1 aliphatic rings. The number of phenols is 1. The Hall–Kier alpha value is -13.1. The highest BCUT2D eigenvalue weighted by Gasteiger charge is 2.40. The van der Waals surface area contributed by atoms with Gasteiger partial charge in [-0.05, 0) is 159 Å². The Labute approximate surface area is 805 Å². The third-order valence-corrected chi connectivity index (χ3v) is 23.7. The minimum Gasteiger partial charge on any atom is -0.506 e. The van der Waals surface area contributed by atoms with Gasteiger partial charge < -0.3 is 114 Å². The molecular weight excluding hydrogens is 1820 g/mol. The molecule has 0 radical (unpaired) electrons. The fraction of sp³-hybridized carbons (Fsp3) is 0.598. The molecule has 45 nitrogen and oxygen atoms in total. The Balaban J connectivity index is 1.21. The predicted octanol–water partition coefficient (Wildman–Crippen LogP) is 2.69. The monoisotopic (exact) mass is 1960 g/mol. The number of aromatic hydroxyl groups is 1. The van der Waals surface area contributed by atoms with Gasteiger partial charge in [-0.1, -0.05) is 66.9 Å². The molecule has 16 amide bonds. The summed E-state index contributed by atoms with van der Waals surface area (Å²) in [6.45, 7) is 17.5. The number of unbranched alkanes of at least 4 members (excludes halogenated alkanes) is 4. The number of hydrogen-bond acceptors (Lipinski definition) is 27. The number of phenolic OH excluding ortho intramolecular Hbond substituents is 1. The van der Waals surface area contributed by atoms with E-state index in [0.29, 0.717) is 61.8 Å². The smallest absolute Gasteiger partial charge is 0.326 e. The second-order valence-electron chi connectivity index (χ2n) is 34.8. The highest BCUT2D eigenvalue weighted by molar-refractivity contribution is 7.09. The molecule has 764 valence electrons. The van der Waals surface area contributed by atoms with Crippen molar-refractivity contribution in [1.82, 2.24) is 83.5 Å². The Bertz CT molecular complexity index is 4680. The van der Waals surface area contributed by atoms with Crippen LogP contribution in [0.5, 0.6) is 5.75 Å². The number of carbonyl (C=O) groups is 20. The average Bonchev–Trinajstić information content (AvgIpc) is 1.03. The minimum atomic E-state index is -1.58. The Kier molecular flexibility index (Phi) is 51.4. The first-order chi connectivity index (χ1) is 65.1. The standard InChI is InChI=1S/C92H137N17O28S/c1-14-55(6)79(106-90(133)92(9,10)107(11)12)87(128)108(13)67(53(2)3)50-69(137-57(8)110)86-102-66(52-138-86)84(126)99-61(29-36-76(118)119)48-58-24-32-68(111)65(49-58)101-73(115)51-97-80(122)56(7)98-85(127)78(54(4)5)105-83(125)62(100-72(114)23-21-43-109-74(116)34-35-75(109)117)22-17-20-40-94-71(113)38-44-135-46-47-136-45-42-96-82(124)60-27-25-59(26-28-60)81(123)95-41-19-16-15-18-39-93-70(112)33-30-63(88(129)130)103-91(134)104-64(89(131)132)31-37-77(120)121/h24-28,32,34-35,49,52-56,61-64,67,69,78-79,111H,14-23,29-31,33,36-48,50-51H2,1-13H3,(H,93,112)(H,94,113)(H,95,123)(H,96,124)(H,97,122)(H,98,127)(H,99,126)(H,100,114)(H,101,115)(H,105,125)(H,106,133)(H,118,119)(H,120,121)(H,129,130)(H,131,132)(H2,103,104,134)/t55-,56-,61+,62-,63-,64-,67+,69+,78-,79-/m0/s1. The van der Waals surface area contributed by atoms with E-state index >= 15 is 0 Å². The summed E-state index contributed by atoms with van der Waals surface area (Å²) < 4.78 is 16.9. The summed E-state index contributed by atoms with van der Waals surface area (Å²) in [5.41, 5.74) is -0.119. The summed E-state index contributed by atoms with van der Waals surface area (Å²) in [7, 11) is 5.15. The number of hydrogen-bond donors (Lipinski definition) is 18. The van der Waals surface area contributed by atoms with Gasteiger partial charge in [-0.25, -0.2) is 19.4 Å². The Morgan fingerprint density at radius 2 is 1.09 bits per heavy atom. The van der Waals surface area contributed by atoms with Crippen LogP contribution in [0, 0.1) is 17.8 Å². The number of imide groups is 1. The molecule has 0 fully saturated rings. The maximum Gasteiger partial charge on any atom is 0.326 e. The first kappa shape index (κ1) is 117. The average molecular weight is 1960 g/mol. The van der Waals surface area contributed by atoms with Gasteiger partial charge in [-0.2, -0.15) is 0 Å². The zero-order valence-electron chi connectivity index (χ0n) is 80.5. The van der Waals surface area contributed by atoms with Crippen molar-refractivity contribution in [3.63, 3.8) is 0 Å². The molecule has 0 saturated carbocycles. The lowest BCUT2D eigenvalue weighted by Crippen LogP contribution is -2.60. The molecule has 18 N–H and O–H groups in total. The second-order valence-corrected chi connectivity index (χ2v) is 35.7. The second kappa shape index (κ2) is 60.5. The van der Waals surface area contributed by atoms with Crippen molar-refractivity contribution in [2.75, 3.05) is 92.2 Å². The van der Waals surface area contributed by atoms with Crippen LogP contribution in [0.1, 0.15) is 233 Å². The molecule has 0 spiro atoms. The van der Waals surface area contributed by atoms with Crippen LogP contribution >= 0.6 is 11.3 Å². The fourth-order valence-electron chi connectivity index (χ4n) is 13.8. The molecule has 2 heterocycles. The molecule has 1 aliphatic heterocycles. The van der Waals surface area contributed by atoms with E-state index in [1.807, 2.05) is 33.0 Å². The molecule has 0 bridgehead atoms. The Morgan fingerprint density at radius 1 is 0.529 bits per heavy atom. The number of nitrogens with zero attached hydrogens (tertiary/aromatic N) is 4. The largest absolute Gasteiger partial charge is 0.506 e. The van der Waals surface area contributed by atoms with Gasteiger partial charge >= 0.3 is 35.9 Å². The lowest BCUT2D eigenvalue weighted by Gasteiger charge is -2.38. The zero-order valence-corrected chi connectivity index (χ0v) is 81.3. The quantitative estimate of drug-likeness (QED) is 0.0167. The number of thiazole rings is 1. The Morgan fingerprint density at radius 3 is 1.64 bits per heavy atom.